The summed E-state index contributed by atoms with van der Waals surface area (Å²) >= 11 is 0. The summed E-state index contributed by atoms with van der Waals surface area (Å²) in [7, 11) is 1.58. The highest BCUT2D eigenvalue weighted by molar-refractivity contribution is 5.35. The molecule has 0 radical (unpaired) electrons. The third-order valence-corrected chi connectivity index (χ3v) is 2.90. The minimum atomic E-state index is -1.34. The second-order valence-corrected chi connectivity index (χ2v) is 3.75. The Bertz CT molecular complexity index is 336. The molecule has 0 bridgehead atoms. The van der Waals surface area contributed by atoms with Gasteiger partial charge < -0.3 is 9.84 Å². The summed E-state index contributed by atoms with van der Waals surface area (Å²) in [5.41, 5.74) is 6.44. The number of nitrogens with two attached hydrogens (primary N) is 1. The predicted molar refractivity (Wildman–Crippen MR) is 53.6 cm³/mol. The molecule has 3 nitrogen and oxygen atoms in total. The highest BCUT2D eigenvalue weighted by Gasteiger charge is 2.39. The molecule has 3 N–H and O–H groups in total. The van der Waals surface area contributed by atoms with E-state index >= 15 is 0 Å². The molecule has 1 aliphatic rings. The average molecular weight is 193 g/mol. The van der Waals surface area contributed by atoms with Crippen LogP contribution in [0.3, 0.4) is 0 Å². The normalized spacial score (nSPS) is 31.2. The zero-order valence-corrected chi connectivity index (χ0v) is 8.23. The van der Waals surface area contributed by atoms with E-state index in [2.05, 4.69) is 0 Å². The maximum Gasteiger partial charge on any atom is 0.166 e. The number of hydrogen-bond acceptors (Lipinski definition) is 3. The Hall–Kier alpha value is -0.900. The van der Waals surface area contributed by atoms with Gasteiger partial charge in [0.2, 0.25) is 0 Å². The van der Waals surface area contributed by atoms with Crippen LogP contribution in [-0.4, -0.2) is 18.3 Å². The number of ether oxygens (including phenoxy) is 1. The van der Waals surface area contributed by atoms with E-state index in [4.69, 9.17) is 10.5 Å². The maximum atomic E-state index is 10.1. The van der Waals surface area contributed by atoms with E-state index in [1.807, 2.05) is 24.3 Å². The molecule has 0 amide bonds. The summed E-state index contributed by atoms with van der Waals surface area (Å²) < 4.78 is 5.19. The molecule has 0 aliphatic heterocycles. The van der Waals surface area contributed by atoms with Crippen LogP contribution in [0.4, 0.5) is 0 Å². The molecule has 14 heavy (non-hydrogen) atoms. The lowest BCUT2D eigenvalue weighted by Crippen LogP contribution is -2.51. The lowest BCUT2D eigenvalue weighted by molar-refractivity contribution is -0.104. The average Bonchev–Trinajstić information content (AvgIpc) is 2.18. The van der Waals surface area contributed by atoms with E-state index in [0.717, 1.165) is 24.0 Å². The van der Waals surface area contributed by atoms with E-state index in [1.54, 1.807) is 7.11 Å². The van der Waals surface area contributed by atoms with Crippen molar-refractivity contribution in [3.63, 3.8) is 0 Å². The van der Waals surface area contributed by atoms with E-state index in [-0.39, 0.29) is 6.10 Å². The Morgan fingerprint density at radius 1 is 1.50 bits per heavy atom. The molecule has 0 fully saturated rings. The quantitative estimate of drug-likeness (QED) is 0.647. The smallest absolute Gasteiger partial charge is 0.166 e. The molecule has 0 heterocycles. The number of methoxy groups -OCH3 is 1. The van der Waals surface area contributed by atoms with Gasteiger partial charge in [-0.15, -0.1) is 0 Å². The van der Waals surface area contributed by atoms with Crippen LogP contribution in [0.15, 0.2) is 24.3 Å². The van der Waals surface area contributed by atoms with Crippen molar-refractivity contribution in [1.82, 2.24) is 0 Å². The summed E-state index contributed by atoms with van der Waals surface area (Å²) in [6, 6.07) is 7.70. The second-order valence-electron chi connectivity index (χ2n) is 3.75. The maximum absolute atomic E-state index is 10.1. The first-order chi connectivity index (χ1) is 6.66. The molecular formula is C11H15NO2. The lowest BCUT2D eigenvalue weighted by atomic mass is 9.83. The summed E-state index contributed by atoms with van der Waals surface area (Å²) in [6.07, 6.45) is 1.37. The van der Waals surface area contributed by atoms with Crippen LogP contribution in [-0.2, 0) is 16.9 Å². The van der Waals surface area contributed by atoms with Crippen LogP contribution >= 0.6 is 0 Å². The molecule has 2 atom stereocenters. The molecule has 2 unspecified atom stereocenters. The highest BCUT2D eigenvalue weighted by Crippen LogP contribution is 2.32. The molecule has 1 aromatic carbocycles. The van der Waals surface area contributed by atoms with Crippen LogP contribution in [0.1, 0.15) is 17.5 Å². The predicted octanol–water partition coefficient (Wildman–Crippen LogP) is 0.752. The Morgan fingerprint density at radius 2 is 2.21 bits per heavy atom. The first kappa shape index (κ1) is 9.65. The fourth-order valence-electron chi connectivity index (χ4n) is 2.11. The van der Waals surface area contributed by atoms with Gasteiger partial charge in [-0.2, -0.15) is 0 Å². The van der Waals surface area contributed by atoms with Gasteiger partial charge in [0.05, 0.1) is 0 Å². The minimum absolute atomic E-state index is 0.308. The highest BCUT2D eigenvalue weighted by atomic mass is 16.5. The molecular weight excluding hydrogens is 178 g/mol. The van der Waals surface area contributed by atoms with Crippen molar-refractivity contribution in [3.8, 4) is 0 Å². The van der Waals surface area contributed by atoms with Gasteiger partial charge in [0, 0.05) is 12.7 Å². The second kappa shape index (κ2) is 3.35. The van der Waals surface area contributed by atoms with Crippen molar-refractivity contribution in [1.29, 1.82) is 0 Å². The number of fused-ring (bicyclic) bond motifs is 1. The summed E-state index contributed by atoms with van der Waals surface area (Å²) in [5, 5.41) is 10.1. The SMILES string of the molecule is COC1CCc2ccccc2C1(N)O. The van der Waals surface area contributed by atoms with Gasteiger partial charge in [0.1, 0.15) is 6.10 Å². The fourth-order valence-corrected chi connectivity index (χ4v) is 2.11. The van der Waals surface area contributed by atoms with Gasteiger partial charge in [0.15, 0.2) is 5.72 Å². The van der Waals surface area contributed by atoms with Crippen molar-refractivity contribution in [2.75, 3.05) is 7.11 Å². The third kappa shape index (κ3) is 1.34. The van der Waals surface area contributed by atoms with Gasteiger partial charge in [-0.25, -0.2) is 0 Å². The minimum Gasteiger partial charge on any atom is -0.377 e. The van der Waals surface area contributed by atoms with Gasteiger partial charge in [-0.1, -0.05) is 24.3 Å². The Kier molecular flexibility index (Phi) is 2.31. The first-order valence-electron chi connectivity index (χ1n) is 4.78. The molecule has 1 aromatic rings. The largest absolute Gasteiger partial charge is 0.377 e. The van der Waals surface area contributed by atoms with E-state index in [0.29, 0.717) is 0 Å². The van der Waals surface area contributed by atoms with Crippen LogP contribution in [0, 0.1) is 0 Å². The topological polar surface area (TPSA) is 55.5 Å². The number of aryl methyl sites for hydroxylation is 1. The molecule has 2 rings (SSSR count). The lowest BCUT2D eigenvalue weighted by Gasteiger charge is -2.37. The monoisotopic (exact) mass is 193 g/mol. The summed E-state index contributed by atoms with van der Waals surface area (Å²) in [4.78, 5) is 0. The summed E-state index contributed by atoms with van der Waals surface area (Å²) in [6.45, 7) is 0. The zero-order chi connectivity index (χ0) is 10.2. The molecule has 0 spiro atoms. The molecule has 1 aliphatic carbocycles. The van der Waals surface area contributed by atoms with E-state index < -0.39 is 5.72 Å². The first-order valence-corrected chi connectivity index (χ1v) is 4.78. The van der Waals surface area contributed by atoms with Crippen LogP contribution in [0.25, 0.3) is 0 Å². The third-order valence-electron chi connectivity index (χ3n) is 2.90. The van der Waals surface area contributed by atoms with Crippen molar-refractivity contribution in [3.05, 3.63) is 35.4 Å². The van der Waals surface area contributed by atoms with Gasteiger partial charge >= 0.3 is 0 Å². The van der Waals surface area contributed by atoms with E-state index in [1.165, 1.54) is 0 Å². The molecule has 76 valence electrons. The van der Waals surface area contributed by atoms with Crippen molar-refractivity contribution >= 4 is 0 Å². The van der Waals surface area contributed by atoms with Crippen molar-refractivity contribution < 1.29 is 9.84 Å². The number of rotatable bonds is 1. The Balaban J connectivity index is 2.46. The van der Waals surface area contributed by atoms with Crippen LogP contribution in [0.5, 0.6) is 0 Å². The van der Waals surface area contributed by atoms with Gasteiger partial charge in [0.25, 0.3) is 0 Å². The Labute approximate surface area is 83.5 Å². The fraction of sp³-hybridized carbons (Fsp3) is 0.455. The number of aliphatic hydroxyl groups is 1. The molecule has 0 saturated heterocycles. The molecule has 0 saturated carbocycles. The van der Waals surface area contributed by atoms with E-state index in [9.17, 15) is 5.11 Å². The molecule has 0 aromatic heterocycles. The van der Waals surface area contributed by atoms with Crippen molar-refractivity contribution in [2.45, 2.75) is 24.7 Å². The van der Waals surface area contributed by atoms with Crippen LogP contribution in [0.2, 0.25) is 0 Å². The summed E-state index contributed by atoms with van der Waals surface area (Å²) in [5.74, 6) is 0. The zero-order valence-electron chi connectivity index (χ0n) is 8.23. The van der Waals surface area contributed by atoms with Gasteiger partial charge in [-0.3, -0.25) is 5.73 Å². The van der Waals surface area contributed by atoms with Gasteiger partial charge in [-0.05, 0) is 18.4 Å². The number of hydrogen-bond donors (Lipinski definition) is 2. The van der Waals surface area contributed by atoms with Crippen LogP contribution < -0.4 is 5.73 Å². The number of benzene rings is 1. The molecule has 3 heteroatoms. The Morgan fingerprint density at radius 3 is 2.93 bits per heavy atom. The standard InChI is InChI=1S/C11H15NO2/c1-14-10-7-6-8-4-2-3-5-9(8)11(10,12)13/h2-5,10,13H,6-7,12H2,1H3. The van der Waals surface area contributed by atoms with Crippen molar-refractivity contribution in [2.24, 2.45) is 5.73 Å².